The first-order chi connectivity index (χ1) is 8.26. The number of aryl methyl sites for hydroxylation is 1. The highest BCUT2D eigenvalue weighted by molar-refractivity contribution is 5.24. The number of rotatable bonds is 5. The van der Waals surface area contributed by atoms with Crippen molar-refractivity contribution in [2.75, 3.05) is 20.8 Å². The minimum absolute atomic E-state index is 0.183. The first-order valence-electron chi connectivity index (χ1n) is 6.06. The second-order valence-corrected chi connectivity index (χ2v) is 4.42. The van der Waals surface area contributed by atoms with Gasteiger partial charge in [0.05, 0.1) is 6.20 Å². The molecule has 1 aromatic heterocycles. The normalized spacial score (nSPS) is 19.6. The molecule has 1 heterocycles. The lowest BCUT2D eigenvalue weighted by atomic mass is 9.93. The molecule has 0 saturated carbocycles. The number of nitrogens with one attached hydrogen (secondary N) is 1. The van der Waals surface area contributed by atoms with E-state index >= 15 is 0 Å². The van der Waals surface area contributed by atoms with Gasteiger partial charge in [-0.3, -0.25) is 4.68 Å². The van der Waals surface area contributed by atoms with Crippen molar-refractivity contribution in [1.82, 2.24) is 15.1 Å². The van der Waals surface area contributed by atoms with Crippen LogP contribution in [0.4, 0.5) is 0 Å². The van der Waals surface area contributed by atoms with E-state index in [0.717, 1.165) is 12.8 Å². The largest absolute Gasteiger partial charge is 0.355 e. The van der Waals surface area contributed by atoms with Crippen molar-refractivity contribution in [2.24, 2.45) is 7.05 Å². The van der Waals surface area contributed by atoms with Gasteiger partial charge < -0.3 is 14.8 Å². The standard InChI is InChI=1S/C12H21N3O2/c1-15-11-6-4-5-10(9(11)7-14-15)13-8-12(16-2)17-3/h7,10,12-13H,4-6,8H2,1-3H3. The maximum absolute atomic E-state index is 5.18. The molecule has 5 nitrogen and oxygen atoms in total. The first-order valence-corrected chi connectivity index (χ1v) is 6.06. The first kappa shape index (κ1) is 12.5. The summed E-state index contributed by atoms with van der Waals surface area (Å²) in [5, 5.41) is 7.82. The van der Waals surface area contributed by atoms with Gasteiger partial charge in [0.15, 0.2) is 6.29 Å². The highest BCUT2D eigenvalue weighted by atomic mass is 16.7. The van der Waals surface area contributed by atoms with Gasteiger partial charge in [0.1, 0.15) is 0 Å². The van der Waals surface area contributed by atoms with Gasteiger partial charge in [-0.2, -0.15) is 5.10 Å². The molecule has 96 valence electrons. The summed E-state index contributed by atoms with van der Waals surface area (Å²) in [6, 6.07) is 0.375. The molecular weight excluding hydrogens is 218 g/mol. The summed E-state index contributed by atoms with van der Waals surface area (Å²) in [6.45, 7) is 0.700. The van der Waals surface area contributed by atoms with E-state index in [0.29, 0.717) is 12.6 Å². The molecule has 0 aliphatic heterocycles. The smallest absolute Gasteiger partial charge is 0.169 e. The van der Waals surface area contributed by atoms with Crippen LogP contribution in [-0.4, -0.2) is 36.8 Å². The molecule has 0 bridgehead atoms. The van der Waals surface area contributed by atoms with Crippen molar-refractivity contribution < 1.29 is 9.47 Å². The lowest BCUT2D eigenvalue weighted by Crippen LogP contribution is -2.34. The van der Waals surface area contributed by atoms with Crippen molar-refractivity contribution >= 4 is 0 Å². The quantitative estimate of drug-likeness (QED) is 0.779. The number of fused-ring (bicyclic) bond motifs is 1. The molecule has 0 spiro atoms. The molecule has 1 N–H and O–H groups in total. The summed E-state index contributed by atoms with van der Waals surface area (Å²) >= 11 is 0. The maximum atomic E-state index is 5.18. The van der Waals surface area contributed by atoms with Crippen LogP contribution in [0.15, 0.2) is 6.20 Å². The molecule has 5 heteroatoms. The van der Waals surface area contributed by atoms with Gasteiger partial charge in [-0.1, -0.05) is 0 Å². The van der Waals surface area contributed by atoms with Crippen molar-refractivity contribution in [3.63, 3.8) is 0 Å². The minimum atomic E-state index is -0.183. The van der Waals surface area contributed by atoms with Crippen LogP contribution in [0.25, 0.3) is 0 Å². The average Bonchev–Trinajstić information content (AvgIpc) is 2.73. The van der Waals surface area contributed by atoms with Gasteiger partial charge in [0.25, 0.3) is 0 Å². The van der Waals surface area contributed by atoms with Crippen LogP contribution in [0.2, 0.25) is 0 Å². The Labute approximate surface area is 102 Å². The molecule has 2 rings (SSSR count). The fourth-order valence-corrected chi connectivity index (χ4v) is 2.42. The molecule has 1 aromatic rings. The number of aromatic nitrogens is 2. The van der Waals surface area contributed by atoms with Crippen molar-refractivity contribution in [3.05, 3.63) is 17.5 Å². The highest BCUT2D eigenvalue weighted by Crippen LogP contribution is 2.28. The van der Waals surface area contributed by atoms with E-state index < -0.39 is 0 Å². The van der Waals surface area contributed by atoms with Crippen LogP contribution in [0, 0.1) is 0 Å². The zero-order valence-corrected chi connectivity index (χ0v) is 10.8. The second-order valence-electron chi connectivity index (χ2n) is 4.42. The summed E-state index contributed by atoms with van der Waals surface area (Å²) in [6.07, 6.45) is 5.27. The van der Waals surface area contributed by atoms with E-state index in [1.165, 1.54) is 17.7 Å². The van der Waals surface area contributed by atoms with E-state index in [1.807, 2.05) is 17.9 Å². The van der Waals surface area contributed by atoms with E-state index in [1.54, 1.807) is 14.2 Å². The summed E-state index contributed by atoms with van der Waals surface area (Å²) in [5.74, 6) is 0. The summed E-state index contributed by atoms with van der Waals surface area (Å²) in [5.41, 5.74) is 2.67. The number of hydrogen-bond acceptors (Lipinski definition) is 4. The molecule has 0 radical (unpaired) electrons. The Hall–Kier alpha value is -0.910. The van der Waals surface area contributed by atoms with E-state index in [2.05, 4.69) is 10.4 Å². The topological polar surface area (TPSA) is 48.3 Å². The van der Waals surface area contributed by atoms with Crippen LogP contribution < -0.4 is 5.32 Å². The fraction of sp³-hybridized carbons (Fsp3) is 0.750. The molecular formula is C12H21N3O2. The Morgan fingerprint density at radius 3 is 3.00 bits per heavy atom. The third kappa shape index (κ3) is 2.68. The van der Waals surface area contributed by atoms with Crippen LogP contribution in [-0.2, 0) is 22.9 Å². The van der Waals surface area contributed by atoms with E-state index in [4.69, 9.17) is 9.47 Å². The molecule has 0 aromatic carbocycles. The fourth-order valence-electron chi connectivity index (χ4n) is 2.42. The Morgan fingerprint density at radius 2 is 2.29 bits per heavy atom. The van der Waals surface area contributed by atoms with E-state index in [9.17, 15) is 0 Å². The van der Waals surface area contributed by atoms with Crippen molar-refractivity contribution in [2.45, 2.75) is 31.6 Å². The van der Waals surface area contributed by atoms with Crippen molar-refractivity contribution in [3.8, 4) is 0 Å². The number of methoxy groups -OCH3 is 2. The summed E-state index contributed by atoms with van der Waals surface area (Å²) < 4.78 is 12.3. The third-order valence-corrected chi connectivity index (χ3v) is 3.43. The monoisotopic (exact) mass is 239 g/mol. The minimum Gasteiger partial charge on any atom is -0.355 e. The molecule has 1 unspecified atom stereocenters. The number of nitrogens with zero attached hydrogens (tertiary/aromatic N) is 2. The van der Waals surface area contributed by atoms with Crippen LogP contribution in [0.5, 0.6) is 0 Å². The van der Waals surface area contributed by atoms with Gasteiger partial charge in [0, 0.05) is 45.1 Å². The van der Waals surface area contributed by atoms with Gasteiger partial charge in [-0.05, 0) is 19.3 Å². The lowest BCUT2D eigenvalue weighted by molar-refractivity contribution is -0.100. The SMILES string of the molecule is COC(CNC1CCCc2c1cnn2C)OC. The van der Waals surface area contributed by atoms with Gasteiger partial charge >= 0.3 is 0 Å². The third-order valence-electron chi connectivity index (χ3n) is 3.43. The van der Waals surface area contributed by atoms with Crippen LogP contribution in [0.3, 0.4) is 0 Å². The Kier molecular flexibility index (Phi) is 4.15. The molecule has 1 aliphatic carbocycles. The highest BCUT2D eigenvalue weighted by Gasteiger charge is 2.23. The van der Waals surface area contributed by atoms with Crippen LogP contribution in [0.1, 0.15) is 30.1 Å². The van der Waals surface area contributed by atoms with Crippen LogP contribution >= 0.6 is 0 Å². The molecule has 0 amide bonds. The maximum Gasteiger partial charge on any atom is 0.169 e. The number of ether oxygens (including phenoxy) is 2. The van der Waals surface area contributed by atoms with Gasteiger partial charge in [-0.15, -0.1) is 0 Å². The predicted molar refractivity (Wildman–Crippen MR) is 64.7 cm³/mol. The Bertz CT molecular complexity index is 361. The zero-order valence-electron chi connectivity index (χ0n) is 10.8. The average molecular weight is 239 g/mol. The summed E-state index contributed by atoms with van der Waals surface area (Å²) in [4.78, 5) is 0. The van der Waals surface area contributed by atoms with E-state index in [-0.39, 0.29) is 6.29 Å². The predicted octanol–water partition coefficient (Wildman–Crippen LogP) is 1.01. The Morgan fingerprint density at radius 1 is 1.53 bits per heavy atom. The lowest BCUT2D eigenvalue weighted by Gasteiger charge is -2.25. The molecule has 1 atom stereocenters. The van der Waals surface area contributed by atoms with Crippen molar-refractivity contribution in [1.29, 1.82) is 0 Å². The zero-order chi connectivity index (χ0) is 12.3. The second kappa shape index (κ2) is 5.62. The molecule has 0 saturated heterocycles. The van der Waals surface area contributed by atoms with Gasteiger partial charge in [0.2, 0.25) is 0 Å². The Balaban J connectivity index is 1.99. The molecule has 17 heavy (non-hydrogen) atoms. The summed E-state index contributed by atoms with van der Waals surface area (Å²) in [7, 11) is 5.33. The van der Waals surface area contributed by atoms with Gasteiger partial charge in [-0.25, -0.2) is 0 Å². The molecule has 0 fully saturated rings. The molecule has 1 aliphatic rings. The number of hydrogen-bond donors (Lipinski definition) is 1.